The maximum absolute atomic E-state index is 12.6. The van der Waals surface area contributed by atoms with Crippen molar-refractivity contribution in [3.8, 4) is 16.9 Å². The smallest absolute Gasteiger partial charge is 0.416 e. The van der Waals surface area contributed by atoms with Gasteiger partial charge in [-0.05, 0) is 18.2 Å². The first-order chi connectivity index (χ1) is 11.8. The number of carbonyl (C=O) groups is 1. The van der Waals surface area contributed by atoms with Crippen LogP contribution < -0.4 is 5.56 Å². The van der Waals surface area contributed by atoms with Crippen molar-refractivity contribution in [3.63, 3.8) is 0 Å². The van der Waals surface area contributed by atoms with Crippen LogP contribution in [0.1, 0.15) is 15.9 Å². The molecule has 0 saturated carbocycles. The van der Waals surface area contributed by atoms with E-state index in [4.69, 9.17) is 0 Å². The molecule has 0 aliphatic rings. The van der Waals surface area contributed by atoms with Gasteiger partial charge in [-0.1, -0.05) is 12.1 Å². The number of nitrogens with one attached hydrogen (secondary N) is 1. The summed E-state index contributed by atoms with van der Waals surface area (Å²) in [6.45, 7) is 0. The predicted molar refractivity (Wildman–Crippen MR) is 79.4 cm³/mol. The van der Waals surface area contributed by atoms with Gasteiger partial charge in [-0.25, -0.2) is 4.79 Å². The van der Waals surface area contributed by atoms with Gasteiger partial charge in [0.25, 0.3) is 5.56 Å². The number of alkyl halides is 3. The van der Waals surface area contributed by atoms with Crippen LogP contribution in [0.2, 0.25) is 0 Å². The highest BCUT2D eigenvalue weighted by Crippen LogP contribution is 2.30. The molecular weight excluding hydrogens is 341 g/mol. The molecule has 0 saturated heterocycles. The molecule has 3 rings (SSSR count). The molecule has 25 heavy (non-hydrogen) atoms. The lowest BCUT2D eigenvalue weighted by Crippen LogP contribution is -2.27. The van der Waals surface area contributed by atoms with Gasteiger partial charge in [-0.3, -0.25) is 9.89 Å². The molecule has 2 heterocycles. The van der Waals surface area contributed by atoms with Crippen LogP contribution in [0.4, 0.5) is 13.2 Å². The topological polar surface area (TPSA) is 101 Å². The van der Waals surface area contributed by atoms with Crippen LogP contribution in [0, 0.1) is 0 Å². The molecule has 0 unspecified atom stereocenters. The van der Waals surface area contributed by atoms with Gasteiger partial charge in [0.15, 0.2) is 0 Å². The molecule has 0 aliphatic carbocycles. The first-order valence-electron chi connectivity index (χ1n) is 6.82. The Hall–Kier alpha value is -3.43. The third-order valence-electron chi connectivity index (χ3n) is 3.38. The summed E-state index contributed by atoms with van der Waals surface area (Å²) in [4.78, 5) is 23.5. The number of nitrogens with zero attached hydrogens (tertiary/aromatic N) is 3. The monoisotopic (exact) mass is 350 g/mol. The van der Waals surface area contributed by atoms with Crippen molar-refractivity contribution in [2.45, 2.75) is 6.18 Å². The van der Waals surface area contributed by atoms with Crippen molar-refractivity contribution in [2.75, 3.05) is 0 Å². The Morgan fingerprint density at radius 1 is 1.20 bits per heavy atom. The molecule has 2 aromatic heterocycles. The van der Waals surface area contributed by atoms with Gasteiger partial charge in [-0.2, -0.15) is 28.1 Å². The van der Waals surface area contributed by atoms with E-state index in [1.165, 1.54) is 12.4 Å². The van der Waals surface area contributed by atoms with Crippen LogP contribution in [0.5, 0.6) is 0 Å². The van der Waals surface area contributed by atoms with Crippen LogP contribution in [0.15, 0.2) is 47.5 Å². The first-order valence-corrected chi connectivity index (χ1v) is 6.82. The van der Waals surface area contributed by atoms with E-state index in [0.717, 1.165) is 35.0 Å². The van der Waals surface area contributed by atoms with Crippen LogP contribution >= 0.6 is 0 Å². The molecule has 0 aliphatic heterocycles. The Bertz CT molecular complexity index is 977. The van der Waals surface area contributed by atoms with Crippen molar-refractivity contribution in [1.82, 2.24) is 20.0 Å². The Morgan fingerprint density at radius 2 is 1.88 bits per heavy atom. The fourth-order valence-electron chi connectivity index (χ4n) is 2.15. The summed E-state index contributed by atoms with van der Waals surface area (Å²) in [6, 6.07) is 5.03. The minimum atomic E-state index is -4.49. The van der Waals surface area contributed by atoms with Crippen molar-refractivity contribution < 1.29 is 23.1 Å². The molecule has 0 atom stereocenters. The fraction of sp³-hybridized carbons (Fsp3) is 0.0667. The summed E-state index contributed by atoms with van der Waals surface area (Å²) < 4.78 is 38.8. The Balaban J connectivity index is 2.16. The number of aromatic amines is 1. The number of carboxylic acid groups (broad SMARTS) is 1. The lowest BCUT2D eigenvalue weighted by molar-refractivity contribution is -0.137. The van der Waals surface area contributed by atoms with E-state index < -0.39 is 28.8 Å². The van der Waals surface area contributed by atoms with Crippen molar-refractivity contribution >= 4 is 5.97 Å². The molecule has 0 spiro atoms. The zero-order valence-corrected chi connectivity index (χ0v) is 12.3. The summed E-state index contributed by atoms with van der Waals surface area (Å²) in [7, 11) is 0. The highest BCUT2D eigenvalue weighted by atomic mass is 19.4. The molecule has 1 aromatic carbocycles. The number of aromatic nitrogens is 4. The van der Waals surface area contributed by atoms with Gasteiger partial charge in [0, 0.05) is 11.8 Å². The van der Waals surface area contributed by atoms with Gasteiger partial charge >= 0.3 is 12.1 Å². The second-order valence-corrected chi connectivity index (χ2v) is 5.00. The van der Waals surface area contributed by atoms with Gasteiger partial charge < -0.3 is 5.11 Å². The summed E-state index contributed by atoms with van der Waals surface area (Å²) >= 11 is 0. The molecule has 10 heteroatoms. The van der Waals surface area contributed by atoms with E-state index in [1.54, 1.807) is 0 Å². The highest BCUT2D eigenvalue weighted by molar-refractivity contribution is 5.88. The molecule has 7 nitrogen and oxygen atoms in total. The average Bonchev–Trinajstić information content (AvgIpc) is 3.08. The van der Waals surface area contributed by atoms with Crippen LogP contribution in [-0.4, -0.2) is 31.1 Å². The number of H-pyrrole nitrogens is 1. The molecule has 128 valence electrons. The Morgan fingerprint density at radius 3 is 2.40 bits per heavy atom. The van der Waals surface area contributed by atoms with Crippen LogP contribution in [-0.2, 0) is 6.18 Å². The molecule has 0 radical (unpaired) electrons. The number of rotatable bonds is 3. The van der Waals surface area contributed by atoms with Gasteiger partial charge in [-0.15, -0.1) is 0 Å². The lowest BCUT2D eigenvalue weighted by Gasteiger charge is -2.09. The third-order valence-corrected chi connectivity index (χ3v) is 3.38. The number of hydrogen-bond donors (Lipinski definition) is 2. The molecule has 0 fully saturated rings. The molecule has 2 N–H and O–H groups in total. The van der Waals surface area contributed by atoms with E-state index in [1.807, 2.05) is 0 Å². The van der Waals surface area contributed by atoms with Gasteiger partial charge in [0.2, 0.25) is 0 Å². The average molecular weight is 350 g/mol. The molecule has 3 aromatic rings. The van der Waals surface area contributed by atoms with Crippen molar-refractivity contribution in [3.05, 3.63) is 64.2 Å². The van der Waals surface area contributed by atoms with E-state index in [-0.39, 0.29) is 16.9 Å². The normalized spacial score (nSPS) is 11.5. The van der Waals surface area contributed by atoms with E-state index in [0.29, 0.717) is 0 Å². The van der Waals surface area contributed by atoms with E-state index >= 15 is 0 Å². The Kier molecular flexibility index (Phi) is 3.87. The maximum atomic E-state index is 12.6. The number of hydrogen-bond acceptors (Lipinski definition) is 4. The van der Waals surface area contributed by atoms with Crippen LogP contribution in [0.3, 0.4) is 0 Å². The minimum absolute atomic E-state index is 0.0342. The standard InChI is InChI=1S/C15H9F3N4O3/c16-15(17,18)9-3-1-8(2-4-9)12-5-11(14(24)25)13(23)22(21-12)10-6-19-20-7-10/h1-7H,(H,19,20)(H,24,25). The lowest BCUT2D eigenvalue weighted by atomic mass is 10.1. The quantitative estimate of drug-likeness (QED) is 0.755. The zero-order valence-electron chi connectivity index (χ0n) is 12.3. The Labute approximate surface area is 137 Å². The largest absolute Gasteiger partial charge is 0.477 e. The van der Waals surface area contributed by atoms with Crippen LogP contribution in [0.25, 0.3) is 16.9 Å². The van der Waals surface area contributed by atoms with Gasteiger partial charge in [0.05, 0.1) is 17.5 Å². The van der Waals surface area contributed by atoms with E-state index in [2.05, 4.69) is 15.3 Å². The summed E-state index contributed by atoms with van der Waals surface area (Å²) in [5.41, 5.74) is -1.84. The highest BCUT2D eigenvalue weighted by Gasteiger charge is 2.30. The number of aromatic carboxylic acids is 1. The molecule has 0 amide bonds. The SMILES string of the molecule is O=C(O)c1cc(-c2ccc(C(F)(F)F)cc2)nn(-c2cn[nH]c2)c1=O. The zero-order chi connectivity index (χ0) is 18.2. The minimum Gasteiger partial charge on any atom is -0.477 e. The number of carboxylic acids is 1. The van der Waals surface area contributed by atoms with Gasteiger partial charge in [0.1, 0.15) is 11.3 Å². The van der Waals surface area contributed by atoms with Crippen molar-refractivity contribution in [1.29, 1.82) is 0 Å². The second-order valence-electron chi connectivity index (χ2n) is 5.00. The maximum Gasteiger partial charge on any atom is 0.416 e. The summed E-state index contributed by atoms with van der Waals surface area (Å²) in [5.74, 6) is -1.47. The fourth-order valence-corrected chi connectivity index (χ4v) is 2.15. The second kappa shape index (κ2) is 5.89. The first kappa shape index (κ1) is 16.4. The molecular formula is C15H9F3N4O3. The summed E-state index contributed by atoms with van der Waals surface area (Å²) in [6.07, 6.45) is -1.90. The molecule has 0 bridgehead atoms. The number of benzene rings is 1. The third kappa shape index (κ3) is 3.13. The van der Waals surface area contributed by atoms with Crippen molar-refractivity contribution in [2.24, 2.45) is 0 Å². The predicted octanol–water partition coefficient (Wildman–Crippen LogP) is 2.34. The number of halogens is 3. The summed E-state index contributed by atoms with van der Waals surface area (Å²) in [5, 5.41) is 19.3. The van der Waals surface area contributed by atoms with E-state index in [9.17, 15) is 27.9 Å².